The molecule has 18 heavy (non-hydrogen) atoms. The van der Waals surface area contributed by atoms with Gasteiger partial charge in [-0.25, -0.2) is 0 Å². The molecule has 0 bridgehead atoms. The Kier molecular flexibility index (Phi) is 15.1. The molecule has 0 heterocycles. The number of carboxylic acids is 1. The molecule has 1 N–H and O–H groups in total. The van der Waals surface area contributed by atoms with Crippen LogP contribution in [0.3, 0.4) is 0 Å². The molecule has 0 aromatic rings. The molecular formula is C12H24O5Zr. The van der Waals surface area contributed by atoms with Crippen molar-refractivity contribution in [3.05, 3.63) is 0 Å². The summed E-state index contributed by atoms with van der Waals surface area (Å²) in [5, 5.41) is 8.09. The van der Waals surface area contributed by atoms with Gasteiger partial charge >= 0.3 is 75.6 Å². The van der Waals surface area contributed by atoms with Crippen LogP contribution in [0.2, 0.25) is 0 Å². The van der Waals surface area contributed by atoms with Crippen LogP contribution in [0.5, 0.6) is 0 Å². The molecule has 0 amide bonds. The fourth-order valence-electron chi connectivity index (χ4n) is 0.756. The number of hydrogen-bond donors (Lipinski definition) is 1. The third kappa shape index (κ3) is 21.3. The summed E-state index contributed by atoms with van der Waals surface area (Å²) >= 11 is -0.929. The fraction of sp³-hybridized carbons (Fsp3) is 0.833. The summed E-state index contributed by atoms with van der Waals surface area (Å²) in [5.74, 6) is -1.22. The van der Waals surface area contributed by atoms with Crippen LogP contribution >= 0.6 is 0 Å². The summed E-state index contributed by atoms with van der Waals surface area (Å²) in [6.07, 6.45) is 1.47. The first kappa shape index (κ1) is 20.3. The van der Waals surface area contributed by atoms with Gasteiger partial charge in [0.05, 0.1) is 0 Å². The van der Waals surface area contributed by atoms with E-state index in [2.05, 4.69) is 0 Å². The van der Waals surface area contributed by atoms with E-state index < -0.39 is 30.1 Å². The van der Waals surface area contributed by atoms with Gasteiger partial charge in [-0.1, -0.05) is 6.92 Å². The van der Waals surface area contributed by atoms with Gasteiger partial charge in [0.2, 0.25) is 0 Å². The Hall–Kier alpha value is -0.0569. The molecule has 6 heteroatoms. The number of rotatable bonds is 8. The van der Waals surface area contributed by atoms with Crippen molar-refractivity contribution < 1.29 is 44.4 Å². The van der Waals surface area contributed by atoms with Crippen LogP contribution in [-0.4, -0.2) is 29.1 Å². The van der Waals surface area contributed by atoms with E-state index in [0.717, 1.165) is 6.42 Å². The Labute approximate surface area is 122 Å². The topological polar surface area (TPSA) is 72.8 Å². The number of carboxylic acid groups (broad SMARTS) is 1. The number of ketones is 1. The van der Waals surface area contributed by atoms with Crippen molar-refractivity contribution >= 4 is 11.8 Å². The first-order chi connectivity index (χ1) is 8.29. The quantitative estimate of drug-likeness (QED) is 0.688. The second kappa shape index (κ2) is 13.4. The van der Waals surface area contributed by atoms with Crippen LogP contribution < -0.4 is 0 Å². The Morgan fingerprint density at radius 3 is 1.83 bits per heavy atom. The summed E-state index contributed by atoms with van der Waals surface area (Å²) in [7, 11) is 0. The van der Waals surface area contributed by atoms with E-state index in [0.29, 0.717) is 18.6 Å². The first-order valence-electron chi connectivity index (χ1n) is 6.09. The van der Waals surface area contributed by atoms with Crippen LogP contribution in [0.15, 0.2) is 0 Å². The molecule has 0 atom stereocenters. The maximum atomic E-state index is 10.5. The van der Waals surface area contributed by atoms with Crippen LogP contribution in [0, 0.1) is 0 Å². The number of carbonyl (C=O) groups is 2. The molecule has 0 aromatic heterocycles. The molecule has 0 saturated carbocycles. The van der Waals surface area contributed by atoms with Gasteiger partial charge in [0.1, 0.15) is 12.2 Å². The van der Waals surface area contributed by atoms with Crippen LogP contribution in [0.4, 0.5) is 0 Å². The number of hydrogen-bond acceptors (Lipinski definition) is 4. The van der Waals surface area contributed by atoms with Crippen molar-refractivity contribution in [1.82, 2.24) is 0 Å². The minimum absolute atomic E-state index is 0.190. The molecule has 106 valence electrons. The standard InChI is InChI=1S/C6H10O3.2C3H7O.Zr/c1-2-3-5(7)4-6(8)9;2*1-3(2)4;/h2-4H2,1H3,(H,8,9);2*3H,1-2H3;/q;2*-1;+2. The molecule has 0 rings (SSSR count). The van der Waals surface area contributed by atoms with Crippen LogP contribution in [0.25, 0.3) is 0 Å². The zero-order chi connectivity index (χ0) is 14.6. The maximum Gasteiger partial charge on any atom is 0.310 e. The van der Waals surface area contributed by atoms with E-state index >= 15 is 0 Å². The van der Waals surface area contributed by atoms with E-state index in [1.54, 1.807) is 0 Å². The third-order valence-corrected chi connectivity index (χ3v) is 4.24. The van der Waals surface area contributed by atoms with E-state index in [1.165, 1.54) is 0 Å². The fourth-order valence-corrected chi connectivity index (χ4v) is 1.84. The molecule has 0 aliphatic carbocycles. The molecule has 0 aliphatic heterocycles. The van der Waals surface area contributed by atoms with Gasteiger partial charge in [-0.3, -0.25) is 9.59 Å². The smallest absolute Gasteiger partial charge is 0.310 e. The average Bonchev–Trinajstić information content (AvgIpc) is 2.16. The molecule has 0 saturated heterocycles. The Bertz CT molecular complexity index is 221. The average molecular weight is 340 g/mol. The summed E-state index contributed by atoms with van der Waals surface area (Å²) in [4.78, 5) is 20.3. The molecule has 0 unspecified atom stereocenters. The SMILES string of the molecule is CC(C)[O][Zr][O]C(C)C.CCCC(=O)CC(=O)O. The van der Waals surface area contributed by atoms with E-state index in [4.69, 9.17) is 10.7 Å². The van der Waals surface area contributed by atoms with Gasteiger partial charge in [0, 0.05) is 6.42 Å². The minimum Gasteiger partial charge on any atom is -0.481 e. The molecule has 0 spiro atoms. The van der Waals surface area contributed by atoms with Gasteiger partial charge < -0.3 is 5.11 Å². The predicted octanol–water partition coefficient (Wildman–Crippen LogP) is 2.58. The molecule has 5 nitrogen and oxygen atoms in total. The van der Waals surface area contributed by atoms with Crippen molar-refractivity contribution in [3.63, 3.8) is 0 Å². The normalized spacial score (nSPS) is 9.94. The third-order valence-electron chi connectivity index (χ3n) is 1.44. The van der Waals surface area contributed by atoms with Crippen LogP contribution in [0.1, 0.15) is 53.9 Å². The zero-order valence-corrected chi connectivity index (χ0v) is 14.3. The van der Waals surface area contributed by atoms with Crippen molar-refractivity contribution in [1.29, 1.82) is 0 Å². The molecule has 0 aliphatic rings. The monoisotopic (exact) mass is 338 g/mol. The number of carbonyl (C=O) groups excluding carboxylic acids is 1. The zero-order valence-electron chi connectivity index (χ0n) is 11.9. The first-order valence-corrected chi connectivity index (χ1v) is 8.10. The minimum atomic E-state index is -1.03. The summed E-state index contributed by atoms with van der Waals surface area (Å²) in [6.45, 7) is 9.98. The summed E-state index contributed by atoms with van der Waals surface area (Å²) in [5.41, 5.74) is 0. The second-order valence-corrected chi connectivity index (χ2v) is 5.84. The van der Waals surface area contributed by atoms with Gasteiger partial charge in [-0.15, -0.1) is 0 Å². The van der Waals surface area contributed by atoms with Crippen molar-refractivity contribution in [3.8, 4) is 0 Å². The predicted molar refractivity (Wildman–Crippen MR) is 64.6 cm³/mol. The Balaban J connectivity index is 0. The van der Waals surface area contributed by atoms with Crippen LogP contribution in [-0.2, 0) is 39.3 Å². The Morgan fingerprint density at radius 1 is 1.11 bits per heavy atom. The van der Waals surface area contributed by atoms with Crippen molar-refractivity contribution in [2.75, 3.05) is 0 Å². The van der Waals surface area contributed by atoms with Gasteiger partial charge in [0.25, 0.3) is 0 Å². The van der Waals surface area contributed by atoms with E-state index in [-0.39, 0.29) is 12.2 Å². The number of aliphatic carboxylic acids is 1. The van der Waals surface area contributed by atoms with E-state index in [9.17, 15) is 9.59 Å². The largest absolute Gasteiger partial charge is 0.481 e. The summed E-state index contributed by atoms with van der Waals surface area (Å²) < 4.78 is 10.6. The van der Waals surface area contributed by atoms with E-state index in [1.807, 2.05) is 34.6 Å². The van der Waals surface area contributed by atoms with Crippen molar-refractivity contribution in [2.24, 2.45) is 0 Å². The summed E-state index contributed by atoms with van der Waals surface area (Å²) in [6, 6.07) is 0. The van der Waals surface area contributed by atoms with Gasteiger partial charge in [-0.05, 0) is 6.42 Å². The maximum absolute atomic E-state index is 10.5. The molecular weight excluding hydrogens is 315 g/mol. The Morgan fingerprint density at radius 2 is 1.56 bits per heavy atom. The van der Waals surface area contributed by atoms with Gasteiger partial charge in [-0.2, -0.15) is 0 Å². The van der Waals surface area contributed by atoms with Crippen molar-refractivity contribution in [2.45, 2.75) is 66.1 Å². The van der Waals surface area contributed by atoms with Gasteiger partial charge in [0.15, 0.2) is 0 Å². The molecule has 0 fully saturated rings. The second-order valence-electron chi connectivity index (χ2n) is 4.28. The molecule has 0 aromatic carbocycles. The molecule has 0 radical (unpaired) electrons. The number of Topliss-reactive ketones (excluding diaryl/α,β-unsaturated/α-hetero) is 1.